The molecule has 0 radical (unpaired) electrons. The average molecular weight is 329 g/mol. The van der Waals surface area contributed by atoms with Gasteiger partial charge in [0.2, 0.25) is 5.91 Å². The first-order chi connectivity index (χ1) is 9.90. The molecule has 1 fully saturated rings. The van der Waals surface area contributed by atoms with E-state index in [9.17, 15) is 4.79 Å². The van der Waals surface area contributed by atoms with Crippen LogP contribution in [0.4, 0.5) is 0 Å². The highest BCUT2D eigenvalue weighted by Gasteiger charge is 2.28. The van der Waals surface area contributed by atoms with E-state index in [2.05, 4.69) is 0 Å². The number of amides is 1. The normalized spacial score (nSPS) is 23.1. The molecule has 0 aliphatic heterocycles. The van der Waals surface area contributed by atoms with Crippen LogP contribution in [-0.4, -0.2) is 23.9 Å². The smallest absolute Gasteiger partial charge is 0.223 e. The van der Waals surface area contributed by atoms with Crippen molar-refractivity contribution in [2.75, 3.05) is 7.05 Å². The van der Waals surface area contributed by atoms with Crippen LogP contribution in [-0.2, 0) is 4.79 Å². The standard InChI is InChI=1S/C16H22Cl2N2O/c1-10(13-7-6-12(17)9-14(13)18)20(2)16(21)8-11-4-3-5-15(11)19/h6-7,9-11,15H,3-5,8,19H2,1-2H3/t10?,11-,15+/m0/s1. The second kappa shape index (κ2) is 6.99. The van der Waals surface area contributed by atoms with E-state index in [4.69, 9.17) is 28.9 Å². The van der Waals surface area contributed by atoms with Gasteiger partial charge in [-0.25, -0.2) is 0 Å². The Morgan fingerprint density at radius 2 is 2.14 bits per heavy atom. The van der Waals surface area contributed by atoms with E-state index >= 15 is 0 Å². The zero-order valence-electron chi connectivity index (χ0n) is 12.5. The number of nitrogens with two attached hydrogens (primary N) is 1. The van der Waals surface area contributed by atoms with Crippen LogP contribution in [0.15, 0.2) is 18.2 Å². The van der Waals surface area contributed by atoms with Gasteiger partial charge in [-0.1, -0.05) is 35.7 Å². The molecule has 3 atom stereocenters. The van der Waals surface area contributed by atoms with Crippen molar-refractivity contribution in [3.8, 4) is 0 Å². The summed E-state index contributed by atoms with van der Waals surface area (Å²) in [5.74, 6) is 0.434. The van der Waals surface area contributed by atoms with E-state index in [1.165, 1.54) is 0 Å². The van der Waals surface area contributed by atoms with E-state index in [0.717, 1.165) is 24.8 Å². The van der Waals surface area contributed by atoms with Gasteiger partial charge in [0, 0.05) is 29.6 Å². The maximum atomic E-state index is 12.4. The molecule has 1 saturated carbocycles. The molecular formula is C16H22Cl2N2O. The molecule has 1 aliphatic rings. The predicted octanol–water partition coefficient (Wildman–Crippen LogP) is 4.03. The lowest BCUT2D eigenvalue weighted by atomic mass is 9.98. The second-order valence-corrected chi connectivity index (χ2v) is 6.75. The number of hydrogen-bond acceptors (Lipinski definition) is 2. The van der Waals surface area contributed by atoms with Crippen LogP contribution >= 0.6 is 23.2 Å². The average Bonchev–Trinajstić information content (AvgIpc) is 2.82. The molecule has 116 valence electrons. The Morgan fingerprint density at radius 3 is 2.71 bits per heavy atom. The quantitative estimate of drug-likeness (QED) is 0.906. The van der Waals surface area contributed by atoms with Gasteiger partial charge in [0.15, 0.2) is 0 Å². The van der Waals surface area contributed by atoms with Crippen molar-refractivity contribution in [3.63, 3.8) is 0 Å². The van der Waals surface area contributed by atoms with Gasteiger partial charge in [-0.05, 0) is 43.4 Å². The summed E-state index contributed by atoms with van der Waals surface area (Å²) in [4.78, 5) is 14.2. The van der Waals surface area contributed by atoms with Crippen molar-refractivity contribution in [2.24, 2.45) is 11.7 Å². The first kappa shape index (κ1) is 16.6. The first-order valence-corrected chi connectivity index (χ1v) is 8.12. The Bertz CT molecular complexity index is 521. The Hall–Kier alpha value is -0.770. The molecule has 1 amide bonds. The Balaban J connectivity index is 2.04. The maximum absolute atomic E-state index is 12.4. The van der Waals surface area contributed by atoms with Gasteiger partial charge < -0.3 is 10.6 Å². The predicted molar refractivity (Wildman–Crippen MR) is 87.6 cm³/mol. The highest BCUT2D eigenvalue weighted by Crippen LogP contribution is 2.31. The Morgan fingerprint density at radius 1 is 1.43 bits per heavy atom. The molecule has 0 aromatic heterocycles. The van der Waals surface area contributed by atoms with E-state index < -0.39 is 0 Å². The minimum Gasteiger partial charge on any atom is -0.339 e. The van der Waals surface area contributed by atoms with E-state index in [-0.39, 0.29) is 18.0 Å². The number of carbonyl (C=O) groups excluding carboxylic acids is 1. The molecule has 0 spiro atoms. The SMILES string of the molecule is CC(c1ccc(Cl)cc1Cl)N(C)C(=O)C[C@@H]1CCC[C@H]1N. The minimum absolute atomic E-state index is 0.0834. The van der Waals surface area contributed by atoms with Gasteiger partial charge in [-0.2, -0.15) is 0 Å². The van der Waals surface area contributed by atoms with Crippen molar-refractivity contribution in [3.05, 3.63) is 33.8 Å². The van der Waals surface area contributed by atoms with Crippen molar-refractivity contribution >= 4 is 29.1 Å². The van der Waals surface area contributed by atoms with E-state index in [1.807, 2.05) is 20.0 Å². The van der Waals surface area contributed by atoms with Gasteiger partial charge in [-0.3, -0.25) is 4.79 Å². The number of nitrogens with zero attached hydrogens (tertiary/aromatic N) is 1. The summed E-state index contributed by atoms with van der Waals surface area (Å²) >= 11 is 12.1. The highest BCUT2D eigenvalue weighted by atomic mass is 35.5. The fourth-order valence-electron chi connectivity index (χ4n) is 2.95. The molecular weight excluding hydrogens is 307 g/mol. The third-order valence-corrected chi connectivity index (χ3v) is 5.10. The number of hydrogen-bond donors (Lipinski definition) is 1. The van der Waals surface area contributed by atoms with E-state index in [0.29, 0.717) is 22.4 Å². The molecule has 0 bridgehead atoms. The van der Waals surface area contributed by atoms with Crippen LogP contribution < -0.4 is 5.73 Å². The molecule has 3 nitrogen and oxygen atoms in total. The van der Waals surface area contributed by atoms with Gasteiger partial charge in [0.05, 0.1) is 6.04 Å². The first-order valence-electron chi connectivity index (χ1n) is 7.36. The Kier molecular flexibility index (Phi) is 5.53. The Labute approximate surface area is 136 Å². The summed E-state index contributed by atoms with van der Waals surface area (Å²) in [5, 5.41) is 1.19. The summed E-state index contributed by atoms with van der Waals surface area (Å²) < 4.78 is 0. The third-order valence-electron chi connectivity index (χ3n) is 4.54. The van der Waals surface area contributed by atoms with Crippen LogP contribution in [0.2, 0.25) is 10.0 Å². The maximum Gasteiger partial charge on any atom is 0.223 e. The fourth-order valence-corrected chi connectivity index (χ4v) is 3.52. The van der Waals surface area contributed by atoms with Crippen molar-refractivity contribution in [1.29, 1.82) is 0 Å². The molecule has 1 aromatic rings. The van der Waals surface area contributed by atoms with E-state index in [1.54, 1.807) is 17.0 Å². The molecule has 2 N–H and O–H groups in total. The number of halogens is 2. The number of benzene rings is 1. The topological polar surface area (TPSA) is 46.3 Å². The van der Waals surface area contributed by atoms with Gasteiger partial charge in [-0.15, -0.1) is 0 Å². The van der Waals surface area contributed by atoms with Crippen molar-refractivity contribution < 1.29 is 4.79 Å². The molecule has 1 aromatic carbocycles. The highest BCUT2D eigenvalue weighted by molar-refractivity contribution is 6.35. The molecule has 1 aliphatic carbocycles. The molecule has 2 rings (SSSR count). The lowest BCUT2D eigenvalue weighted by Crippen LogP contribution is -2.34. The van der Waals surface area contributed by atoms with Crippen LogP contribution in [0.5, 0.6) is 0 Å². The largest absolute Gasteiger partial charge is 0.339 e. The van der Waals surface area contributed by atoms with Gasteiger partial charge in [0.25, 0.3) is 0 Å². The summed E-state index contributed by atoms with van der Waals surface area (Å²) in [7, 11) is 1.82. The van der Waals surface area contributed by atoms with Crippen LogP contribution in [0.25, 0.3) is 0 Å². The van der Waals surface area contributed by atoms with Gasteiger partial charge in [0.1, 0.15) is 0 Å². The van der Waals surface area contributed by atoms with Crippen molar-refractivity contribution in [1.82, 2.24) is 4.90 Å². The van der Waals surface area contributed by atoms with Crippen molar-refractivity contribution in [2.45, 2.75) is 44.7 Å². The number of carbonyl (C=O) groups is 1. The zero-order chi connectivity index (χ0) is 15.6. The zero-order valence-corrected chi connectivity index (χ0v) is 14.0. The summed E-state index contributed by atoms with van der Waals surface area (Å²) in [6, 6.07) is 5.46. The lowest BCUT2D eigenvalue weighted by Gasteiger charge is -2.28. The molecule has 0 heterocycles. The van der Waals surface area contributed by atoms with Crippen LogP contribution in [0.1, 0.15) is 44.2 Å². The molecule has 0 saturated heterocycles. The minimum atomic E-state index is -0.0834. The van der Waals surface area contributed by atoms with Gasteiger partial charge >= 0.3 is 0 Å². The summed E-state index contributed by atoms with van der Waals surface area (Å²) in [6.45, 7) is 1.97. The van der Waals surface area contributed by atoms with Crippen LogP contribution in [0, 0.1) is 5.92 Å². The summed E-state index contributed by atoms with van der Waals surface area (Å²) in [5.41, 5.74) is 6.96. The van der Waals surface area contributed by atoms with Crippen LogP contribution in [0.3, 0.4) is 0 Å². The molecule has 1 unspecified atom stereocenters. The third kappa shape index (κ3) is 3.91. The molecule has 5 heteroatoms. The number of rotatable bonds is 4. The second-order valence-electron chi connectivity index (χ2n) is 5.91. The summed E-state index contributed by atoms with van der Waals surface area (Å²) in [6.07, 6.45) is 3.73. The fraction of sp³-hybridized carbons (Fsp3) is 0.562. The molecule has 21 heavy (non-hydrogen) atoms. The lowest BCUT2D eigenvalue weighted by molar-refractivity contribution is -0.132. The monoisotopic (exact) mass is 328 g/mol.